The summed E-state index contributed by atoms with van der Waals surface area (Å²) in [6, 6.07) is 13.6. The molecule has 430 valence electrons. The van der Waals surface area contributed by atoms with Crippen molar-refractivity contribution in [2.24, 2.45) is 0 Å². The van der Waals surface area contributed by atoms with Gasteiger partial charge in [-0.25, -0.2) is 0 Å². The van der Waals surface area contributed by atoms with Crippen molar-refractivity contribution in [3.05, 3.63) is 60.3 Å². The molecule has 2 aromatic carbocycles. The average Bonchev–Trinajstić information content (AvgIpc) is 4.10. The Balaban J connectivity index is 0.00000771. The summed E-state index contributed by atoms with van der Waals surface area (Å²) in [5, 5.41) is 23.7. The molecule has 0 aliphatic heterocycles. The van der Waals surface area contributed by atoms with Crippen LogP contribution in [0.1, 0.15) is 44.9 Å². The molecule has 2 heterocycles. The number of nitrogens with zero attached hydrogens (tertiary/aromatic N) is 4. The summed E-state index contributed by atoms with van der Waals surface area (Å²) in [5.41, 5.74) is 1.62. The summed E-state index contributed by atoms with van der Waals surface area (Å²) in [4.78, 5) is 48.9. The number of carbonyl (C=O) groups is 4. The Kier molecular flexibility index (Phi) is 37.3. The third-order valence-corrected chi connectivity index (χ3v) is 9.88. The SMILES string of the molecule is CC.Cc1nnc(-c2ccc(OCCOCCOCCOCCOCCC(=O)NCC(NC(=O)CCOCCOCCOCCOCCOc3ccc(-c4nnc(C)o4)cc3)C(=O)NCCOCCOCCC=O)cc2)o1. The Morgan fingerprint density at radius 1 is 0.468 bits per heavy atom. The lowest BCUT2D eigenvalue weighted by atomic mass is 10.2. The first kappa shape index (κ1) is 65.3. The zero-order valence-electron chi connectivity index (χ0n) is 45.0. The van der Waals surface area contributed by atoms with Crippen LogP contribution in [0, 0.1) is 13.8 Å². The van der Waals surface area contributed by atoms with E-state index in [1.54, 1.807) is 13.8 Å². The van der Waals surface area contributed by atoms with Crippen molar-refractivity contribution in [3.8, 4) is 34.4 Å². The number of hydrogen-bond acceptors (Lipinski definition) is 22. The van der Waals surface area contributed by atoms with E-state index >= 15 is 0 Å². The monoisotopic (exact) mass is 1090 g/mol. The summed E-state index contributed by atoms with van der Waals surface area (Å²) >= 11 is 0. The van der Waals surface area contributed by atoms with Gasteiger partial charge in [-0.3, -0.25) is 14.4 Å². The summed E-state index contributed by atoms with van der Waals surface area (Å²) < 4.78 is 77.2. The van der Waals surface area contributed by atoms with Gasteiger partial charge < -0.3 is 86.4 Å². The maximum absolute atomic E-state index is 13.0. The fourth-order valence-corrected chi connectivity index (χ4v) is 6.11. The Morgan fingerprint density at radius 3 is 1.22 bits per heavy atom. The van der Waals surface area contributed by atoms with Gasteiger partial charge in [0, 0.05) is 57.3 Å². The first-order valence-corrected chi connectivity index (χ1v) is 25.9. The average molecular weight is 1090 g/mol. The highest BCUT2D eigenvalue weighted by molar-refractivity contribution is 5.88. The van der Waals surface area contributed by atoms with E-state index in [4.69, 9.17) is 65.7 Å². The first-order valence-electron chi connectivity index (χ1n) is 25.9. The van der Waals surface area contributed by atoms with E-state index in [-0.39, 0.29) is 71.5 Å². The molecule has 4 aromatic rings. The van der Waals surface area contributed by atoms with E-state index < -0.39 is 17.9 Å². The number of benzene rings is 2. The Labute approximate surface area is 450 Å². The van der Waals surface area contributed by atoms with Crippen molar-refractivity contribution in [1.29, 1.82) is 0 Å². The standard InChI is InChI=1S/C50H73N7O18.C2H6/c1-39-54-56-49(74-39)41-4-8-43(9-5-41)72-36-34-70-32-30-68-28-26-66-24-21-63-17-12-46(59)52-38-45(48(61)51-14-19-65-23-20-62-16-3-15-58)53-47(60)13-18-64-22-25-67-27-29-69-31-33-71-35-37-73-44-10-6-42(7-11-44)50-57-55-40(2)75-50;1-2/h4-11,15,45H,3,12-14,16-38H2,1-2H3,(H,51,61)(H,52,59)(H,53,60);1-2H3. The topological polar surface area (TPSA) is 293 Å². The third-order valence-electron chi connectivity index (χ3n) is 9.88. The maximum atomic E-state index is 13.0. The van der Waals surface area contributed by atoms with Gasteiger partial charge in [-0.15, -0.1) is 20.4 Å². The van der Waals surface area contributed by atoms with Gasteiger partial charge in [-0.05, 0) is 48.5 Å². The number of carbonyl (C=O) groups excluding carboxylic acids is 4. The van der Waals surface area contributed by atoms with E-state index in [1.807, 2.05) is 62.4 Å². The van der Waals surface area contributed by atoms with Crippen LogP contribution in [0.25, 0.3) is 22.9 Å². The number of amides is 3. The molecule has 0 saturated carbocycles. The highest BCUT2D eigenvalue weighted by atomic mass is 16.6. The molecule has 0 fully saturated rings. The van der Waals surface area contributed by atoms with E-state index in [9.17, 15) is 19.2 Å². The van der Waals surface area contributed by atoms with Gasteiger partial charge >= 0.3 is 0 Å². The van der Waals surface area contributed by atoms with Crippen LogP contribution in [0.3, 0.4) is 0 Å². The van der Waals surface area contributed by atoms with Crippen LogP contribution < -0.4 is 25.4 Å². The second-order valence-electron chi connectivity index (χ2n) is 15.8. The van der Waals surface area contributed by atoms with Gasteiger partial charge in [0.05, 0.1) is 132 Å². The van der Waals surface area contributed by atoms with Crippen LogP contribution in [0.4, 0.5) is 0 Å². The molecule has 4 rings (SSSR count). The fraction of sp³-hybridized carbons (Fsp3) is 0.615. The van der Waals surface area contributed by atoms with Crippen LogP contribution in [0.2, 0.25) is 0 Å². The molecule has 0 aliphatic rings. The van der Waals surface area contributed by atoms with Gasteiger partial charge in [-0.1, -0.05) is 13.8 Å². The van der Waals surface area contributed by atoms with Crippen molar-refractivity contribution in [2.45, 2.75) is 53.0 Å². The molecule has 0 saturated heterocycles. The Morgan fingerprint density at radius 2 is 0.831 bits per heavy atom. The molecule has 0 aliphatic carbocycles. The number of hydrogen-bond donors (Lipinski definition) is 3. The number of aldehydes is 1. The summed E-state index contributed by atoms with van der Waals surface area (Å²) in [7, 11) is 0. The Hall–Kier alpha value is -6.00. The molecule has 3 amide bonds. The normalized spacial score (nSPS) is 11.4. The van der Waals surface area contributed by atoms with Crippen molar-refractivity contribution in [3.63, 3.8) is 0 Å². The van der Waals surface area contributed by atoms with Gasteiger partial charge in [0.2, 0.25) is 41.3 Å². The lowest BCUT2D eigenvalue weighted by Crippen LogP contribution is -2.53. The molecule has 0 bridgehead atoms. The second-order valence-corrected chi connectivity index (χ2v) is 15.8. The zero-order valence-corrected chi connectivity index (χ0v) is 45.0. The van der Waals surface area contributed by atoms with E-state index in [2.05, 4.69) is 36.3 Å². The zero-order chi connectivity index (χ0) is 55.2. The van der Waals surface area contributed by atoms with Crippen LogP contribution >= 0.6 is 0 Å². The number of aromatic nitrogens is 4. The molecule has 25 nitrogen and oxygen atoms in total. The van der Waals surface area contributed by atoms with E-state index in [0.717, 1.165) is 17.4 Å². The number of aryl methyl sites for hydroxylation is 2. The van der Waals surface area contributed by atoms with Gasteiger partial charge in [-0.2, -0.15) is 0 Å². The Bertz CT molecular complexity index is 2110. The summed E-state index contributed by atoms with van der Waals surface area (Å²) in [5.74, 6) is 2.01. The molecule has 1 unspecified atom stereocenters. The molecule has 25 heteroatoms. The van der Waals surface area contributed by atoms with Crippen LogP contribution in [0.15, 0.2) is 57.4 Å². The quantitative estimate of drug-likeness (QED) is 0.0423. The molecule has 0 spiro atoms. The molecule has 2 aromatic heterocycles. The third kappa shape index (κ3) is 32.4. The minimum Gasteiger partial charge on any atom is -0.491 e. The molecule has 3 N–H and O–H groups in total. The summed E-state index contributed by atoms with van der Waals surface area (Å²) in [6.07, 6.45) is 1.08. The number of rotatable bonds is 47. The molecular weight excluding hydrogens is 1010 g/mol. The minimum atomic E-state index is -1.06. The minimum absolute atomic E-state index is 0.0262. The van der Waals surface area contributed by atoms with E-state index in [1.165, 1.54) is 0 Å². The number of nitrogens with one attached hydrogen (secondary N) is 3. The largest absolute Gasteiger partial charge is 0.491 e. The highest BCUT2D eigenvalue weighted by Crippen LogP contribution is 2.22. The molecule has 1 atom stereocenters. The van der Waals surface area contributed by atoms with Crippen LogP contribution in [0.5, 0.6) is 11.5 Å². The lowest BCUT2D eigenvalue weighted by Gasteiger charge is -2.19. The van der Waals surface area contributed by atoms with Gasteiger partial charge in [0.1, 0.15) is 37.0 Å². The lowest BCUT2D eigenvalue weighted by molar-refractivity contribution is -0.130. The summed E-state index contributed by atoms with van der Waals surface area (Å²) in [6.45, 7) is 14.5. The van der Waals surface area contributed by atoms with E-state index in [0.29, 0.717) is 147 Å². The van der Waals surface area contributed by atoms with Crippen molar-refractivity contribution < 1.29 is 84.9 Å². The van der Waals surface area contributed by atoms with Crippen molar-refractivity contribution in [2.75, 3.05) is 158 Å². The van der Waals surface area contributed by atoms with Crippen molar-refractivity contribution in [1.82, 2.24) is 36.3 Å². The van der Waals surface area contributed by atoms with Gasteiger partial charge in [0.15, 0.2) is 0 Å². The first-order chi connectivity index (χ1) is 37.8. The predicted octanol–water partition coefficient (Wildman–Crippen LogP) is 3.14. The predicted molar refractivity (Wildman–Crippen MR) is 277 cm³/mol. The fourth-order valence-electron chi connectivity index (χ4n) is 6.11. The smallest absolute Gasteiger partial charge is 0.247 e. The molecule has 77 heavy (non-hydrogen) atoms. The maximum Gasteiger partial charge on any atom is 0.247 e. The second kappa shape index (κ2) is 44.0. The number of ether oxygens (including phenoxy) is 12. The van der Waals surface area contributed by atoms with Crippen molar-refractivity contribution >= 4 is 24.0 Å². The highest BCUT2D eigenvalue weighted by Gasteiger charge is 2.21. The van der Waals surface area contributed by atoms with Crippen LogP contribution in [-0.4, -0.2) is 209 Å². The molecular formula is C52H79N7O18. The van der Waals surface area contributed by atoms with Crippen LogP contribution in [-0.2, 0) is 66.5 Å². The van der Waals surface area contributed by atoms with Gasteiger partial charge in [0.25, 0.3) is 0 Å². The molecule has 0 radical (unpaired) electrons.